The Morgan fingerprint density at radius 3 is 2.86 bits per heavy atom. The van der Waals surface area contributed by atoms with Crippen LogP contribution < -0.4 is 0 Å². The maximum absolute atomic E-state index is 13.0. The number of fused-ring (bicyclic) bond motifs is 2. The number of carbonyl (C=O) groups excluding carboxylic acids is 2. The maximum Gasteiger partial charge on any atom is 0.339 e. The van der Waals surface area contributed by atoms with E-state index in [4.69, 9.17) is 14.1 Å². The highest BCUT2D eigenvalue weighted by Gasteiger charge is 2.26. The molecule has 0 spiro atoms. The van der Waals surface area contributed by atoms with Crippen LogP contribution in [-0.4, -0.2) is 35.4 Å². The van der Waals surface area contributed by atoms with E-state index in [0.29, 0.717) is 23.8 Å². The molecule has 1 aromatic carbocycles. The van der Waals surface area contributed by atoms with Crippen LogP contribution in [0.2, 0.25) is 0 Å². The number of carbonyl (C=O) groups is 2. The Morgan fingerprint density at radius 1 is 1.24 bits per heavy atom. The molecule has 150 valence electrons. The van der Waals surface area contributed by atoms with Gasteiger partial charge in [-0.3, -0.25) is 9.78 Å². The van der Waals surface area contributed by atoms with Crippen LogP contribution in [0.15, 0.2) is 47.1 Å². The van der Waals surface area contributed by atoms with Crippen molar-refractivity contribution < 1.29 is 18.7 Å². The van der Waals surface area contributed by atoms with Gasteiger partial charge in [-0.25, -0.2) is 4.79 Å². The summed E-state index contributed by atoms with van der Waals surface area (Å²) in [5, 5.41) is 0.779. The van der Waals surface area contributed by atoms with E-state index >= 15 is 0 Å². The lowest BCUT2D eigenvalue weighted by Gasteiger charge is -2.24. The number of nitrogens with zero attached hydrogens (tertiary/aromatic N) is 2. The number of amides is 1. The number of aryl methyl sites for hydroxylation is 1. The quantitative estimate of drug-likeness (QED) is 0.618. The Bertz CT molecular complexity index is 1040. The molecule has 0 aliphatic heterocycles. The van der Waals surface area contributed by atoms with Gasteiger partial charge < -0.3 is 14.1 Å². The summed E-state index contributed by atoms with van der Waals surface area (Å²) in [6.07, 6.45) is 4.27. The fourth-order valence-electron chi connectivity index (χ4n) is 3.83. The van der Waals surface area contributed by atoms with E-state index < -0.39 is 5.97 Å². The van der Waals surface area contributed by atoms with Crippen molar-refractivity contribution in [3.63, 3.8) is 0 Å². The van der Waals surface area contributed by atoms with Crippen LogP contribution in [0.1, 0.15) is 40.7 Å². The number of aromatic nitrogens is 1. The van der Waals surface area contributed by atoms with E-state index in [9.17, 15) is 9.59 Å². The molecule has 1 aliphatic carbocycles. The largest absolute Gasteiger partial charge is 0.467 e. The van der Waals surface area contributed by atoms with Gasteiger partial charge in [0.2, 0.25) is 0 Å². The van der Waals surface area contributed by atoms with Gasteiger partial charge in [0.15, 0.2) is 6.61 Å². The predicted octanol–water partition coefficient (Wildman–Crippen LogP) is 3.77. The third kappa shape index (κ3) is 4.01. The van der Waals surface area contributed by atoms with E-state index in [2.05, 4.69) is 6.92 Å². The number of rotatable bonds is 5. The first-order chi connectivity index (χ1) is 14.0. The molecule has 0 bridgehead atoms. The molecule has 3 aromatic rings. The summed E-state index contributed by atoms with van der Waals surface area (Å²) in [6, 6.07) is 11.2. The van der Waals surface area contributed by atoms with Gasteiger partial charge in [-0.2, -0.15) is 0 Å². The summed E-state index contributed by atoms with van der Waals surface area (Å²) in [4.78, 5) is 31.7. The molecule has 6 nitrogen and oxygen atoms in total. The molecular formula is C23H24N2O4. The minimum Gasteiger partial charge on any atom is -0.467 e. The third-order valence-electron chi connectivity index (χ3n) is 5.44. The molecule has 0 N–H and O–H groups in total. The molecule has 1 unspecified atom stereocenters. The number of para-hydroxylation sites is 1. The number of pyridine rings is 1. The molecule has 4 rings (SSSR count). The Kier molecular flexibility index (Phi) is 5.34. The Labute approximate surface area is 169 Å². The van der Waals surface area contributed by atoms with Crippen molar-refractivity contribution in [3.8, 4) is 0 Å². The molecule has 2 aromatic heterocycles. The van der Waals surface area contributed by atoms with Gasteiger partial charge in [-0.1, -0.05) is 25.1 Å². The minimum atomic E-state index is -0.464. The van der Waals surface area contributed by atoms with Crippen molar-refractivity contribution in [2.75, 3.05) is 13.7 Å². The maximum atomic E-state index is 13.0. The van der Waals surface area contributed by atoms with Gasteiger partial charge in [0, 0.05) is 18.1 Å². The van der Waals surface area contributed by atoms with E-state index in [1.54, 1.807) is 25.4 Å². The zero-order valence-electron chi connectivity index (χ0n) is 16.7. The first-order valence-electron chi connectivity index (χ1n) is 9.87. The third-order valence-corrected chi connectivity index (χ3v) is 5.44. The van der Waals surface area contributed by atoms with Crippen LogP contribution in [0.3, 0.4) is 0 Å². The molecule has 1 amide bonds. The van der Waals surface area contributed by atoms with Crippen LogP contribution in [0.5, 0.6) is 0 Å². The van der Waals surface area contributed by atoms with E-state index in [1.165, 1.54) is 4.90 Å². The smallest absolute Gasteiger partial charge is 0.339 e. The summed E-state index contributed by atoms with van der Waals surface area (Å²) < 4.78 is 10.7. The summed E-state index contributed by atoms with van der Waals surface area (Å²) in [5.41, 5.74) is 3.27. The van der Waals surface area contributed by atoms with Gasteiger partial charge in [0.05, 0.1) is 23.9 Å². The summed E-state index contributed by atoms with van der Waals surface area (Å²) in [5.74, 6) is 0.414. The van der Waals surface area contributed by atoms with Crippen LogP contribution in [-0.2, 0) is 28.9 Å². The first kappa shape index (κ1) is 19.2. The second-order valence-electron chi connectivity index (χ2n) is 7.68. The van der Waals surface area contributed by atoms with Crippen LogP contribution in [0, 0.1) is 5.92 Å². The van der Waals surface area contributed by atoms with Crippen molar-refractivity contribution in [1.82, 2.24) is 9.88 Å². The Hall–Kier alpha value is -3.15. The highest BCUT2D eigenvalue weighted by Crippen LogP contribution is 2.32. The number of benzene rings is 1. The van der Waals surface area contributed by atoms with Crippen molar-refractivity contribution >= 4 is 22.8 Å². The number of likely N-dealkylation sites (N-methyl/N-ethyl adjacent to an activating group) is 1. The second kappa shape index (κ2) is 8.07. The molecular weight excluding hydrogens is 368 g/mol. The molecule has 0 saturated heterocycles. The Morgan fingerprint density at radius 2 is 2.07 bits per heavy atom. The average Bonchev–Trinajstić information content (AvgIpc) is 3.23. The number of hydrogen-bond donors (Lipinski definition) is 0. The van der Waals surface area contributed by atoms with Gasteiger partial charge in [-0.05, 0) is 48.9 Å². The molecule has 29 heavy (non-hydrogen) atoms. The highest BCUT2D eigenvalue weighted by molar-refractivity contribution is 6.05. The SMILES string of the molecule is CC1CCc2nc3ccccc3c(C(=O)OCC(=O)N(C)Cc3ccco3)c2C1. The number of furan rings is 1. The average molecular weight is 392 g/mol. The van der Waals surface area contributed by atoms with E-state index in [-0.39, 0.29) is 12.5 Å². The van der Waals surface area contributed by atoms with Crippen LogP contribution in [0.25, 0.3) is 10.9 Å². The van der Waals surface area contributed by atoms with Gasteiger partial charge in [0.25, 0.3) is 5.91 Å². The standard InChI is InChI=1S/C23H24N2O4/c1-15-9-10-20-18(12-15)22(17-7-3-4-8-19(17)24-20)23(27)29-14-21(26)25(2)13-16-6-5-11-28-16/h3-8,11,15H,9-10,12-14H2,1-2H3. The fourth-order valence-corrected chi connectivity index (χ4v) is 3.83. The summed E-state index contributed by atoms with van der Waals surface area (Å²) in [6.45, 7) is 2.20. The van der Waals surface area contributed by atoms with Crippen molar-refractivity contribution in [3.05, 3.63) is 65.2 Å². The lowest BCUT2D eigenvalue weighted by molar-refractivity contribution is -0.133. The number of esters is 1. The lowest BCUT2D eigenvalue weighted by atomic mass is 9.84. The summed E-state index contributed by atoms with van der Waals surface area (Å²) in [7, 11) is 1.66. The van der Waals surface area contributed by atoms with Crippen LogP contribution >= 0.6 is 0 Å². The molecule has 0 fully saturated rings. The zero-order valence-corrected chi connectivity index (χ0v) is 16.7. The topological polar surface area (TPSA) is 72.6 Å². The lowest BCUT2D eigenvalue weighted by Crippen LogP contribution is -2.31. The molecule has 6 heteroatoms. The number of ether oxygens (including phenoxy) is 1. The van der Waals surface area contributed by atoms with Gasteiger partial charge in [0.1, 0.15) is 5.76 Å². The summed E-state index contributed by atoms with van der Waals surface area (Å²) >= 11 is 0. The molecule has 0 radical (unpaired) electrons. The van der Waals surface area contributed by atoms with E-state index in [1.807, 2.05) is 24.3 Å². The van der Waals surface area contributed by atoms with Crippen molar-refractivity contribution in [2.45, 2.75) is 32.7 Å². The van der Waals surface area contributed by atoms with Gasteiger partial charge in [-0.15, -0.1) is 0 Å². The monoisotopic (exact) mass is 392 g/mol. The Balaban J connectivity index is 1.55. The second-order valence-corrected chi connectivity index (χ2v) is 7.68. The van der Waals surface area contributed by atoms with Crippen LogP contribution in [0.4, 0.5) is 0 Å². The fraction of sp³-hybridized carbons (Fsp3) is 0.348. The van der Waals surface area contributed by atoms with Gasteiger partial charge >= 0.3 is 5.97 Å². The molecule has 1 aliphatic rings. The minimum absolute atomic E-state index is 0.282. The zero-order chi connectivity index (χ0) is 20.4. The van der Waals surface area contributed by atoms with Crippen molar-refractivity contribution in [1.29, 1.82) is 0 Å². The molecule has 1 atom stereocenters. The molecule has 2 heterocycles. The van der Waals surface area contributed by atoms with E-state index in [0.717, 1.165) is 41.4 Å². The van der Waals surface area contributed by atoms with Crippen molar-refractivity contribution in [2.24, 2.45) is 5.92 Å². The predicted molar refractivity (Wildman–Crippen MR) is 108 cm³/mol. The highest BCUT2D eigenvalue weighted by atomic mass is 16.5. The number of hydrogen-bond acceptors (Lipinski definition) is 5. The normalized spacial score (nSPS) is 15.7. The molecule has 0 saturated carbocycles. The first-order valence-corrected chi connectivity index (χ1v) is 9.87.